The molecule has 51 heavy (non-hydrogen) atoms. The smallest absolute Gasteiger partial charge is 0.406 e. The normalized spacial score (nSPS) is 23.7. The third-order valence-corrected chi connectivity index (χ3v) is 10.9. The predicted octanol–water partition coefficient (Wildman–Crippen LogP) is 3.61. The van der Waals surface area contributed by atoms with E-state index < -0.39 is 41.8 Å². The highest BCUT2D eigenvalue weighted by Crippen LogP contribution is 2.45. The zero-order valence-corrected chi connectivity index (χ0v) is 29.5. The lowest BCUT2D eigenvalue weighted by molar-refractivity contribution is -0.143. The number of carbonyl (C=O) groups excluding carboxylic acids is 1. The fourth-order valence-electron chi connectivity index (χ4n) is 7.37. The summed E-state index contributed by atoms with van der Waals surface area (Å²) < 4.78 is 97.3. The molecule has 2 aromatic rings. The number of benzene rings is 1. The van der Waals surface area contributed by atoms with Crippen LogP contribution in [-0.2, 0) is 20.7 Å². The van der Waals surface area contributed by atoms with Crippen LogP contribution in [0.1, 0.15) is 49.9 Å². The number of ether oxygens (including phenoxy) is 3. The molecule has 4 fully saturated rings. The van der Waals surface area contributed by atoms with Crippen LogP contribution < -0.4 is 9.64 Å². The summed E-state index contributed by atoms with van der Waals surface area (Å²) in [5.41, 5.74) is -0.261. The molecule has 1 spiro atoms. The fraction of sp³-hybridized carbons (Fsp3) is 0.667. The summed E-state index contributed by atoms with van der Waals surface area (Å²) in [5.74, 6) is -1.20. The van der Waals surface area contributed by atoms with Crippen molar-refractivity contribution in [3.05, 3.63) is 42.1 Å². The second-order valence-corrected chi connectivity index (χ2v) is 14.8. The molecule has 1 unspecified atom stereocenters. The van der Waals surface area contributed by atoms with Crippen LogP contribution in [-0.4, -0.2) is 140 Å². The summed E-state index contributed by atoms with van der Waals surface area (Å²) >= 11 is -2.38. The van der Waals surface area contributed by atoms with Crippen LogP contribution in [0.3, 0.4) is 0 Å². The van der Waals surface area contributed by atoms with E-state index in [1.54, 1.807) is 0 Å². The Morgan fingerprint density at radius 1 is 1.14 bits per heavy atom. The first-order valence-corrected chi connectivity index (χ1v) is 18.3. The first-order valence-electron chi connectivity index (χ1n) is 17.3. The van der Waals surface area contributed by atoms with Crippen LogP contribution in [0.4, 0.5) is 23.4 Å². The maximum Gasteiger partial charge on any atom is 0.406 e. The Balaban J connectivity index is 1.02. The lowest BCUT2D eigenvalue weighted by Crippen LogP contribution is -2.61. The lowest BCUT2D eigenvalue weighted by atomic mass is 9.72. The summed E-state index contributed by atoms with van der Waals surface area (Å²) in [6.45, 7) is 7.83. The minimum absolute atomic E-state index is 0.0323. The zero-order chi connectivity index (χ0) is 36.3. The van der Waals surface area contributed by atoms with E-state index in [0.717, 1.165) is 57.5 Å². The summed E-state index contributed by atoms with van der Waals surface area (Å²) in [6, 6.07) is 2.16. The summed E-state index contributed by atoms with van der Waals surface area (Å²) in [4.78, 5) is 26.9. The van der Waals surface area contributed by atoms with Gasteiger partial charge in [0, 0.05) is 55.4 Å². The van der Waals surface area contributed by atoms with Gasteiger partial charge < -0.3 is 33.5 Å². The monoisotopic (exact) mass is 742 g/mol. The first kappa shape index (κ1) is 37.7. The van der Waals surface area contributed by atoms with Gasteiger partial charge in [-0.1, -0.05) is 0 Å². The molecule has 1 aromatic heterocycles. The molecule has 0 saturated carbocycles. The maximum atomic E-state index is 14.3. The lowest BCUT2D eigenvalue weighted by Gasteiger charge is -2.54. The van der Waals surface area contributed by atoms with Gasteiger partial charge in [0.2, 0.25) is 0 Å². The highest BCUT2D eigenvalue weighted by atomic mass is 32.2. The summed E-state index contributed by atoms with van der Waals surface area (Å²) in [5, 5.41) is 1.83. The van der Waals surface area contributed by atoms with E-state index in [0.29, 0.717) is 56.7 Å². The molecule has 282 valence electrons. The van der Waals surface area contributed by atoms with Crippen LogP contribution in [0.25, 0.3) is 0 Å². The van der Waals surface area contributed by atoms with E-state index in [4.69, 9.17) is 14.2 Å². The number of aromatic nitrogens is 2. The van der Waals surface area contributed by atoms with Crippen molar-refractivity contribution in [2.24, 2.45) is 5.41 Å². The highest BCUT2D eigenvalue weighted by Gasteiger charge is 2.46. The van der Waals surface area contributed by atoms with Gasteiger partial charge in [0.25, 0.3) is 5.91 Å². The molecule has 4 aliphatic heterocycles. The van der Waals surface area contributed by atoms with Crippen molar-refractivity contribution in [3.8, 4) is 11.5 Å². The topological polar surface area (TPSA) is 127 Å². The minimum atomic E-state index is -4.64. The number of nitrogens with zero attached hydrogens (tertiary/aromatic N) is 7. The van der Waals surface area contributed by atoms with Crippen LogP contribution >= 0.6 is 0 Å². The molecule has 4 aliphatic rings. The number of hydrogen-bond acceptors (Lipinski definition) is 11. The molecular formula is C33H44F4N7O6S-. The number of rotatable bonds is 11. The summed E-state index contributed by atoms with van der Waals surface area (Å²) in [6.07, 6.45) is 1.61. The van der Waals surface area contributed by atoms with Crippen molar-refractivity contribution in [1.29, 1.82) is 0 Å². The van der Waals surface area contributed by atoms with Crippen LogP contribution in [0.15, 0.2) is 30.7 Å². The van der Waals surface area contributed by atoms with Gasteiger partial charge in [0.1, 0.15) is 24.4 Å². The molecule has 5 heterocycles. The number of carbonyl (C=O) groups is 1. The van der Waals surface area contributed by atoms with Gasteiger partial charge in [-0.15, -0.1) is 0 Å². The summed E-state index contributed by atoms with van der Waals surface area (Å²) in [7, 11) is 0. The van der Waals surface area contributed by atoms with Crippen LogP contribution in [0, 0.1) is 11.2 Å². The number of amides is 1. The van der Waals surface area contributed by atoms with E-state index in [-0.39, 0.29) is 34.6 Å². The zero-order valence-electron chi connectivity index (χ0n) is 28.7. The first-order chi connectivity index (χ1) is 24.3. The number of hydrazine groups is 1. The SMILES string of the molecule is CC(C)N(CC(F)(F)F)C(=O)c1cc(F)ccc1Oc1cncnc1N1CC2(CCN(C[C@@H]3CC[C@@H](N(N4CCOCC4)S(=O)[O-])CO3)CC2)C1. The average molecular weight is 743 g/mol. The number of morpholine rings is 1. The van der Waals surface area contributed by atoms with Crippen molar-refractivity contribution < 1.29 is 45.3 Å². The van der Waals surface area contributed by atoms with Crippen molar-refractivity contribution in [3.63, 3.8) is 0 Å². The van der Waals surface area contributed by atoms with Gasteiger partial charge in [-0.2, -0.15) is 17.6 Å². The minimum Gasteiger partial charge on any atom is -0.759 e. The molecule has 0 aliphatic carbocycles. The van der Waals surface area contributed by atoms with Gasteiger partial charge in [-0.25, -0.2) is 19.4 Å². The van der Waals surface area contributed by atoms with Crippen molar-refractivity contribution in [1.82, 2.24) is 29.2 Å². The van der Waals surface area contributed by atoms with Crippen LogP contribution in [0.5, 0.6) is 11.5 Å². The molecule has 0 N–H and O–H groups in total. The number of anilines is 1. The Kier molecular flexibility index (Phi) is 11.8. The molecule has 0 radical (unpaired) electrons. The largest absolute Gasteiger partial charge is 0.759 e. The highest BCUT2D eigenvalue weighted by molar-refractivity contribution is 7.76. The van der Waals surface area contributed by atoms with Crippen molar-refractivity contribution in [2.75, 3.05) is 77.1 Å². The standard InChI is InChI=1S/C33H45F4N7O6S/c1-23(2)43(21-33(35,36)37)31(45)27-15-24(34)3-6-28(27)50-29-16-38-22-39-30(29)41-19-32(20-41)7-9-40(10-8-32)17-26-5-4-25(18-49-26)44(51(46)47)42-11-13-48-14-12-42/h3,6,15-16,22-23,25-26H,4-5,7-14,17-21H2,1-2H3,(H,46,47)/p-1/t25-,26+/m1/s1. The van der Waals surface area contributed by atoms with Gasteiger partial charge in [0.15, 0.2) is 11.6 Å². The molecule has 18 heteroatoms. The molecule has 6 rings (SSSR count). The van der Waals surface area contributed by atoms with E-state index in [9.17, 15) is 31.1 Å². The number of alkyl halides is 3. The molecule has 1 amide bonds. The van der Waals surface area contributed by atoms with Gasteiger partial charge in [0.05, 0.1) is 43.7 Å². The predicted molar refractivity (Wildman–Crippen MR) is 177 cm³/mol. The Morgan fingerprint density at radius 3 is 2.49 bits per heavy atom. The van der Waals surface area contributed by atoms with E-state index in [2.05, 4.69) is 14.9 Å². The Labute approximate surface area is 297 Å². The third kappa shape index (κ3) is 9.15. The van der Waals surface area contributed by atoms with Gasteiger partial charge in [-0.05, 0) is 70.8 Å². The molecule has 0 bridgehead atoms. The fourth-order valence-corrected chi connectivity index (χ4v) is 8.13. The molecule has 4 saturated heterocycles. The van der Waals surface area contributed by atoms with Gasteiger partial charge in [-0.3, -0.25) is 9.00 Å². The third-order valence-electron chi connectivity index (χ3n) is 10.1. The number of hydrogen-bond donors (Lipinski definition) is 0. The quantitative estimate of drug-likeness (QED) is 0.248. The van der Waals surface area contributed by atoms with Crippen molar-refractivity contribution in [2.45, 2.75) is 63.9 Å². The average Bonchev–Trinajstić information content (AvgIpc) is 3.08. The van der Waals surface area contributed by atoms with E-state index in [1.165, 1.54) is 36.9 Å². The molecule has 3 atom stereocenters. The molecule has 1 aromatic carbocycles. The second-order valence-electron chi connectivity index (χ2n) is 14.0. The Bertz CT molecular complexity index is 1530. The Morgan fingerprint density at radius 2 is 1.86 bits per heavy atom. The van der Waals surface area contributed by atoms with E-state index in [1.807, 2.05) is 9.91 Å². The van der Waals surface area contributed by atoms with Crippen molar-refractivity contribution >= 4 is 23.0 Å². The maximum absolute atomic E-state index is 14.3. The number of likely N-dealkylation sites (tertiary alicyclic amines) is 1. The Hall–Kier alpha value is -3.00. The van der Waals surface area contributed by atoms with E-state index >= 15 is 0 Å². The number of halogens is 4. The number of piperidine rings is 1. The van der Waals surface area contributed by atoms with Gasteiger partial charge >= 0.3 is 6.18 Å². The molecule has 13 nitrogen and oxygen atoms in total. The molecular weight excluding hydrogens is 698 g/mol. The second kappa shape index (κ2) is 15.9. The van der Waals surface area contributed by atoms with Crippen LogP contribution in [0.2, 0.25) is 0 Å².